The fourth-order valence-corrected chi connectivity index (χ4v) is 2.67. The lowest BCUT2D eigenvalue weighted by Crippen LogP contribution is -2.32. The number of nitrogens with one attached hydrogen (secondary N) is 1. The molecule has 27 heavy (non-hydrogen) atoms. The molecule has 3 aromatic rings. The van der Waals surface area contributed by atoms with E-state index in [-0.39, 0.29) is 24.6 Å². The van der Waals surface area contributed by atoms with E-state index in [0.29, 0.717) is 28.2 Å². The summed E-state index contributed by atoms with van der Waals surface area (Å²) >= 11 is 0. The molecule has 1 heterocycles. The van der Waals surface area contributed by atoms with E-state index in [9.17, 15) is 9.59 Å². The number of hydrogen-bond donors (Lipinski definition) is 1. The summed E-state index contributed by atoms with van der Waals surface area (Å²) in [4.78, 5) is 33.1. The van der Waals surface area contributed by atoms with E-state index < -0.39 is 0 Å². The van der Waals surface area contributed by atoms with Gasteiger partial charge in [0.25, 0.3) is 11.5 Å². The Morgan fingerprint density at radius 3 is 2.74 bits per heavy atom. The number of hydrogen-bond acceptors (Lipinski definition) is 5. The van der Waals surface area contributed by atoms with Gasteiger partial charge in [0, 0.05) is 7.05 Å². The number of fused-ring (bicyclic) bond motifs is 1. The first-order chi connectivity index (χ1) is 13.0. The molecule has 7 heteroatoms. The number of amides is 1. The molecule has 1 N–H and O–H groups in total. The number of aromatic amines is 1. The molecule has 0 saturated heterocycles. The molecule has 0 aliphatic carbocycles. The van der Waals surface area contributed by atoms with Gasteiger partial charge in [0.15, 0.2) is 18.1 Å². The van der Waals surface area contributed by atoms with Crippen LogP contribution in [0.3, 0.4) is 0 Å². The molecule has 7 nitrogen and oxygen atoms in total. The van der Waals surface area contributed by atoms with E-state index in [1.54, 1.807) is 38.4 Å². The largest absolute Gasteiger partial charge is 0.493 e. The first kappa shape index (κ1) is 18.4. The van der Waals surface area contributed by atoms with Crippen molar-refractivity contribution in [2.24, 2.45) is 0 Å². The fourth-order valence-electron chi connectivity index (χ4n) is 2.67. The van der Waals surface area contributed by atoms with Gasteiger partial charge in [0.2, 0.25) is 0 Å². The molecular weight excluding hydrogens is 346 g/mol. The van der Waals surface area contributed by atoms with Crippen molar-refractivity contribution in [2.45, 2.75) is 13.5 Å². The fraction of sp³-hybridized carbons (Fsp3) is 0.250. The van der Waals surface area contributed by atoms with E-state index in [4.69, 9.17) is 9.47 Å². The maximum atomic E-state index is 12.4. The molecule has 1 amide bonds. The number of aromatic nitrogens is 2. The monoisotopic (exact) mass is 367 g/mol. The van der Waals surface area contributed by atoms with E-state index >= 15 is 0 Å². The first-order valence-corrected chi connectivity index (χ1v) is 8.47. The SMILES string of the molecule is COc1cc(C)ccc1OCC(=O)N(C)Cc1nc2ccccc2c(=O)[nH]1. The summed E-state index contributed by atoms with van der Waals surface area (Å²) in [5, 5.41) is 0.519. The molecule has 0 bridgehead atoms. The third kappa shape index (κ3) is 4.25. The van der Waals surface area contributed by atoms with Crippen LogP contribution < -0.4 is 15.0 Å². The summed E-state index contributed by atoms with van der Waals surface area (Å²) in [6, 6.07) is 12.6. The van der Waals surface area contributed by atoms with Gasteiger partial charge in [0.05, 0.1) is 24.6 Å². The molecule has 0 saturated carbocycles. The second-order valence-corrected chi connectivity index (χ2v) is 6.22. The standard InChI is InChI=1S/C20H21N3O4/c1-13-8-9-16(17(10-13)26-3)27-12-19(24)23(2)11-18-21-15-7-5-4-6-14(15)20(25)22-18/h4-10H,11-12H2,1-3H3,(H,21,22,25). The van der Waals surface area contributed by atoms with Crippen molar-refractivity contribution >= 4 is 16.8 Å². The maximum Gasteiger partial charge on any atom is 0.260 e. The van der Waals surface area contributed by atoms with Crippen molar-refractivity contribution in [1.82, 2.24) is 14.9 Å². The minimum Gasteiger partial charge on any atom is -0.493 e. The van der Waals surface area contributed by atoms with Crippen molar-refractivity contribution in [3.8, 4) is 11.5 Å². The number of carbonyl (C=O) groups excluding carboxylic acids is 1. The Labute approximate surface area is 156 Å². The molecule has 0 aliphatic heterocycles. The van der Waals surface area contributed by atoms with Gasteiger partial charge in [-0.1, -0.05) is 18.2 Å². The van der Waals surface area contributed by atoms with E-state index in [2.05, 4.69) is 9.97 Å². The Bertz CT molecular complexity index is 1030. The number of nitrogens with zero attached hydrogens (tertiary/aromatic N) is 2. The molecular formula is C20H21N3O4. The quantitative estimate of drug-likeness (QED) is 0.722. The van der Waals surface area contributed by atoms with Crippen LogP contribution in [-0.4, -0.2) is 41.5 Å². The molecule has 1 aromatic heterocycles. The summed E-state index contributed by atoms with van der Waals surface area (Å²) in [6.07, 6.45) is 0. The topological polar surface area (TPSA) is 84.5 Å². The van der Waals surface area contributed by atoms with Crippen molar-refractivity contribution in [1.29, 1.82) is 0 Å². The molecule has 2 aromatic carbocycles. The Balaban J connectivity index is 1.67. The van der Waals surface area contributed by atoms with E-state index in [0.717, 1.165) is 5.56 Å². The second-order valence-electron chi connectivity index (χ2n) is 6.22. The zero-order valence-electron chi connectivity index (χ0n) is 15.5. The van der Waals surface area contributed by atoms with Gasteiger partial charge < -0.3 is 19.4 Å². The van der Waals surface area contributed by atoms with E-state index in [1.165, 1.54) is 4.90 Å². The number of aryl methyl sites for hydroxylation is 1. The molecule has 0 atom stereocenters. The van der Waals surface area contributed by atoms with Gasteiger partial charge in [-0.15, -0.1) is 0 Å². The van der Waals surface area contributed by atoms with Crippen LogP contribution in [-0.2, 0) is 11.3 Å². The summed E-state index contributed by atoms with van der Waals surface area (Å²) in [5.74, 6) is 1.25. The van der Waals surface area contributed by atoms with Gasteiger partial charge in [0.1, 0.15) is 5.82 Å². The van der Waals surface area contributed by atoms with Crippen molar-refractivity contribution < 1.29 is 14.3 Å². The lowest BCUT2D eigenvalue weighted by molar-refractivity contribution is -0.132. The molecule has 140 valence electrons. The van der Waals surface area contributed by atoms with Crippen LogP contribution in [0.1, 0.15) is 11.4 Å². The van der Waals surface area contributed by atoms with Gasteiger partial charge >= 0.3 is 0 Å². The average Bonchev–Trinajstić information content (AvgIpc) is 2.66. The van der Waals surface area contributed by atoms with Gasteiger partial charge in [-0.05, 0) is 36.8 Å². The lowest BCUT2D eigenvalue weighted by atomic mass is 10.2. The minimum absolute atomic E-state index is 0.145. The highest BCUT2D eigenvalue weighted by molar-refractivity contribution is 5.78. The highest BCUT2D eigenvalue weighted by atomic mass is 16.5. The average molecular weight is 367 g/mol. The summed E-state index contributed by atoms with van der Waals surface area (Å²) in [6.45, 7) is 1.98. The number of benzene rings is 2. The second kappa shape index (κ2) is 7.90. The Morgan fingerprint density at radius 1 is 1.19 bits per heavy atom. The van der Waals surface area contributed by atoms with Crippen LogP contribution in [0, 0.1) is 6.92 Å². The van der Waals surface area contributed by atoms with Crippen molar-refractivity contribution in [3.05, 3.63) is 64.2 Å². The minimum atomic E-state index is -0.242. The highest BCUT2D eigenvalue weighted by Gasteiger charge is 2.14. The number of likely N-dealkylation sites (N-methyl/N-ethyl adjacent to an activating group) is 1. The molecule has 0 unspecified atom stereocenters. The van der Waals surface area contributed by atoms with Gasteiger partial charge in [-0.25, -0.2) is 4.98 Å². The summed E-state index contributed by atoms with van der Waals surface area (Å²) < 4.78 is 10.9. The number of H-pyrrole nitrogens is 1. The molecule has 3 rings (SSSR count). The number of para-hydroxylation sites is 1. The molecule has 0 spiro atoms. The third-order valence-corrected chi connectivity index (χ3v) is 4.14. The first-order valence-electron chi connectivity index (χ1n) is 8.47. The van der Waals surface area contributed by atoms with Crippen molar-refractivity contribution in [2.75, 3.05) is 20.8 Å². The highest BCUT2D eigenvalue weighted by Crippen LogP contribution is 2.27. The normalized spacial score (nSPS) is 10.6. The van der Waals surface area contributed by atoms with Crippen molar-refractivity contribution in [3.63, 3.8) is 0 Å². The van der Waals surface area contributed by atoms with Crippen LogP contribution in [0.25, 0.3) is 10.9 Å². The van der Waals surface area contributed by atoms with Gasteiger partial charge in [-0.3, -0.25) is 9.59 Å². The molecule has 0 radical (unpaired) electrons. The summed E-state index contributed by atoms with van der Waals surface area (Å²) in [5.41, 5.74) is 1.41. The number of methoxy groups -OCH3 is 1. The molecule has 0 aliphatic rings. The third-order valence-electron chi connectivity index (χ3n) is 4.14. The Morgan fingerprint density at radius 2 is 1.96 bits per heavy atom. The Kier molecular flexibility index (Phi) is 5.40. The van der Waals surface area contributed by atoms with Gasteiger partial charge in [-0.2, -0.15) is 0 Å². The molecule has 0 fully saturated rings. The van der Waals surface area contributed by atoms with Crippen LogP contribution in [0.2, 0.25) is 0 Å². The smallest absolute Gasteiger partial charge is 0.260 e. The van der Waals surface area contributed by atoms with E-state index in [1.807, 2.05) is 25.1 Å². The number of rotatable bonds is 6. The lowest BCUT2D eigenvalue weighted by Gasteiger charge is -2.18. The van der Waals surface area contributed by atoms with Crippen LogP contribution >= 0.6 is 0 Å². The Hall–Kier alpha value is -3.35. The van der Waals surface area contributed by atoms with Crippen LogP contribution in [0.5, 0.6) is 11.5 Å². The number of ether oxygens (including phenoxy) is 2. The van der Waals surface area contributed by atoms with Crippen LogP contribution in [0.4, 0.5) is 0 Å². The van der Waals surface area contributed by atoms with Crippen LogP contribution in [0.15, 0.2) is 47.3 Å². The number of carbonyl (C=O) groups is 1. The zero-order valence-corrected chi connectivity index (χ0v) is 15.5. The summed E-state index contributed by atoms with van der Waals surface area (Å²) in [7, 11) is 3.19. The maximum absolute atomic E-state index is 12.4. The predicted octanol–water partition coefficient (Wildman–Crippen LogP) is 2.28. The predicted molar refractivity (Wildman–Crippen MR) is 102 cm³/mol. The zero-order chi connectivity index (χ0) is 19.4.